The molecule has 0 aliphatic rings. The average Bonchev–Trinajstić information content (AvgIpc) is 2.79. The molecule has 0 aliphatic heterocycles. The molecule has 170 valence electrons. The molecule has 0 fully saturated rings. The summed E-state index contributed by atoms with van der Waals surface area (Å²) in [7, 11) is -3.48. The second kappa shape index (κ2) is 11.0. The van der Waals surface area contributed by atoms with E-state index in [-0.39, 0.29) is 18.9 Å². The molecule has 7 heteroatoms. The Morgan fingerprint density at radius 1 is 1.00 bits per heavy atom. The summed E-state index contributed by atoms with van der Waals surface area (Å²) in [5, 5.41) is 4.67. The smallest absolute Gasteiger partial charge is 0.232 e. The van der Waals surface area contributed by atoms with Crippen LogP contribution >= 0.6 is 0 Å². The average molecular weight is 455 g/mol. The van der Waals surface area contributed by atoms with Gasteiger partial charge in [-0.1, -0.05) is 55.5 Å². The highest BCUT2D eigenvalue weighted by molar-refractivity contribution is 7.92. The number of anilines is 1. The van der Waals surface area contributed by atoms with Crippen LogP contribution in [-0.4, -0.2) is 40.3 Å². The number of rotatable bonds is 11. The van der Waals surface area contributed by atoms with E-state index < -0.39 is 10.0 Å². The van der Waals surface area contributed by atoms with Crippen molar-refractivity contribution in [1.29, 1.82) is 0 Å². The lowest BCUT2D eigenvalue weighted by molar-refractivity contribution is -0.121. The predicted molar refractivity (Wildman–Crippen MR) is 130 cm³/mol. The first-order chi connectivity index (χ1) is 15.4. The van der Waals surface area contributed by atoms with Gasteiger partial charge in [0.1, 0.15) is 12.4 Å². The fourth-order valence-electron chi connectivity index (χ4n) is 3.54. The van der Waals surface area contributed by atoms with Crippen LogP contribution < -0.4 is 14.4 Å². The first kappa shape index (κ1) is 23.6. The summed E-state index contributed by atoms with van der Waals surface area (Å²) in [6, 6.07) is 21.2. The SMILES string of the molecule is CCc1ccc(OCCNC(=O)CCCN(c2cccc3ccccc23)S(C)(=O)=O)cc1. The van der Waals surface area contributed by atoms with Crippen LogP contribution in [0.15, 0.2) is 66.7 Å². The van der Waals surface area contributed by atoms with Gasteiger partial charge in [-0.2, -0.15) is 0 Å². The molecule has 0 spiro atoms. The van der Waals surface area contributed by atoms with Crippen LogP contribution in [0.1, 0.15) is 25.3 Å². The van der Waals surface area contributed by atoms with E-state index in [4.69, 9.17) is 4.74 Å². The number of nitrogens with zero attached hydrogens (tertiary/aromatic N) is 1. The maximum atomic E-state index is 12.4. The molecular weight excluding hydrogens is 424 g/mol. The minimum atomic E-state index is -3.48. The lowest BCUT2D eigenvalue weighted by Gasteiger charge is -2.24. The number of hydrogen-bond donors (Lipinski definition) is 1. The molecule has 0 saturated carbocycles. The van der Waals surface area contributed by atoms with Crippen LogP contribution in [0.5, 0.6) is 5.75 Å². The van der Waals surface area contributed by atoms with Crippen LogP contribution in [0.25, 0.3) is 10.8 Å². The Balaban J connectivity index is 1.49. The molecule has 0 radical (unpaired) electrons. The molecule has 3 rings (SSSR count). The van der Waals surface area contributed by atoms with Gasteiger partial charge in [0, 0.05) is 18.4 Å². The van der Waals surface area contributed by atoms with Gasteiger partial charge in [-0.15, -0.1) is 0 Å². The highest BCUT2D eigenvalue weighted by Gasteiger charge is 2.19. The van der Waals surface area contributed by atoms with Gasteiger partial charge in [-0.05, 0) is 42.0 Å². The third kappa shape index (κ3) is 6.47. The molecule has 1 N–H and O–H groups in total. The molecule has 0 heterocycles. The monoisotopic (exact) mass is 454 g/mol. The topological polar surface area (TPSA) is 75.7 Å². The van der Waals surface area contributed by atoms with Crippen molar-refractivity contribution in [2.45, 2.75) is 26.2 Å². The summed E-state index contributed by atoms with van der Waals surface area (Å²) in [6.45, 7) is 3.11. The Kier molecular flexibility index (Phi) is 8.11. The fraction of sp³-hybridized carbons (Fsp3) is 0.320. The number of amides is 1. The van der Waals surface area contributed by atoms with E-state index in [9.17, 15) is 13.2 Å². The third-order valence-electron chi connectivity index (χ3n) is 5.23. The molecule has 1 amide bonds. The highest BCUT2D eigenvalue weighted by Crippen LogP contribution is 2.28. The zero-order valence-electron chi connectivity index (χ0n) is 18.6. The zero-order valence-corrected chi connectivity index (χ0v) is 19.4. The van der Waals surface area contributed by atoms with Gasteiger partial charge in [0.2, 0.25) is 15.9 Å². The van der Waals surface area contributed by atoms with E-state index in [2.05, 4.69) is 12.2 Å². The number of carbonyl (C=O) groups excluding carboxylic acids is 1. The Morgan fingerprint density at radius 3 is 2.44 bits per heavy atom. The summed E-state index contributed by atoms with van der Waals surface area (Å²) in [5.74, 6) is 0.650. The van der Waals surface area contributed by atoms with E-state index in [1.165, 1.54) is 16.1 Å². The number of benzene rings is 3. The molecule has 6 nitrogen and oxygen atoms in total. The molecule has 0 atom stereocenters. The Bertz CT molecular complexity index is 1140. The number of hydrogen-bond acceptors (Lipinski definition) is 4. The summed E-state index contributed by atoms with van der Waals surface area (Å²) in [6.07, 6.45) is 2.83. The Hall–Kier alpha value is -3.06. The van der Waals surface area contributed by atoms with E-state index in [1.807, 2.05) is 60.7 Å². The number of carbonyl (C=O) groups is 1. The summed E-state index contributed by atoms with van der Waals surface area (Å²) in [4.78, 5) is 12.2. The number of fused-ring (bicyclic) bond motifs is 1. The molecule has 0 saturated heterocycles. The van der Waals surface area contributed by atoms with Crippen molar-refractivity contribution in [3.8, 4) is 5.75 Å². The largest absolute Gasteiger partial charge is 0.492 e. The molecular formula is C25H30N2O4S. The molecule has 3 aromatic rings. The Labute approximate surface area is 190 Å². The number of ether oxygens (including phenoxy) is 1. The second-order valence-corrected chi connectivity index (χ2v) is 9.54. The number of sulfonamides is 1. The minimum absolute atomic E-state index is 0.124. The summed E-state index contributed by atoms with van der Waals surface area (Å²) < 4.78 is 31.9. The van der Waals surface area contributed by atoms with Crippen LogP contribution in [0.3, 0.4) is 0 Å². The van der Waals surface area contributed by atoms with Gasteiger partial charge >= 0.3 is 0 Å². The molecule has 0 bridgehead atoms. The first-order valence-electron chi connectivity index (χ1n) is 10.8. The lowest BCUT2D eigenvalue weighted by atomic mass is 10.1. The molecule has 0 aromatic heterocycles. The fourth-order valence-corrected chi connectivity index (χ4v) is 4.52. The predicted octanol–water partition coefficient (Wildman–Crippen LogP) is 4.14. The van der Waals surface area contributed by atoms with Crippen molar-refractivity contribution in [2.24, 2.45) is 0 Å². The van der Waals surface area contributed by atoms with Gasteiger partial charge < -0.3 is 10.1 Å². The standard InChI is InChI=1S/C25H30N2O4S/c1-3-20-13-15-22(16-14-20)31-19-17-26-25(28)12-7-18-27(32(2,29)30)24-11-6-9-21-8-4-5-10-23(21)24/h4-6,8-11,13-16H,3,7,12,17-19H2,1-2H3,(H,26,28). The van der Waals surface area contributed by atoms with E-state index in [0.29, 0.717) is 25.3 Å². The van der Waals surface area contributed by atoms with Crippen LogP contribution in [0.4, 0.5) is 5.69 Å². The van der Waals surface area contributed by atoms with Crippen molar-refractivity contribution >= 4 is 32.4 Å². The van der Waals surface area contributed by atoms with Crippen LogP contribution in [-0.2, 0) is 21.2 Å². The van der Waals surface area contributed by atoms with Crippen molar-refractivity contribution < 1.29 is 17.9 Å². The van der Waals surface area contributed by atoms with Crippen molar-refractivity contribution in [3.63, 3.8) is 0 Å². The summed E-state index contributed by atoms with van der Waals surface area (Å²) in [5.41, 5.74) is 1.88. The molecule has 0 unspecified atom stereocenters. The van der Waals surface area contributed by atoms with Crippen LogP contribution in [0, 0.1) is 0 Å². The van der Waals surface area contributed by atoms with Gasteiger partial charge in [-0.25, -0.2) is 8.42 Å². The van der Waals surface area contributed by atoms with Gasteiger partial charge in [-0.3, -0.25) is 9.10 Å². The van der Waals surface area contributed by atoms with Crippen molar-refractivity contribution in [3.05, 3.63) is 72.3 Å². The van der Waals surface area contributed by atoms with Gasteiger partial charge in [0.25, 0.3) is 0 Å². The van der Waals surface area contributed by atoms with E-state index >= 15 is 0 Å². The van der Waals surface area contributed by atoms with Crippen molar-refractivity contribution in [1.82, 2.24) is 5.32 Å². The van der Waals surface area contributed by atoms with Crippen LogP contribution in [0.2, 0.25) is 0 Å². The van der Waals surface area contributed by atoms with Gasteiger partial charge in [0.05, 0.1) is 18.5 Å². The minimum Gasteiger partial charge on any atom is -0.492 e. The maximum absolute atomic E-state index is 12.4. The van der Waals surface area contributed by atoms with E-state index in [0.717, 1.165) is 22.9 Å². The molecule has 0 aliphatic carbocycles. The molecule has 3 aromatic carbocycles. The van der Waals surface area contributed by atoms with Crippen molar-refractivity contribution in [2.75, 3.05) is 30.3 Å². The van der Waals surface area contributed by atoms with Gasteiger partial charge in [0.15, 0.2) is 0 Å². The number of nitrogens with one attached hydrogen (secondary N) is 1. The van der Waals surface area contributed by atoms with E-state index in [1.54, 1.807) is 6.07 Å². The third-order valence-corrected chi connectivity index (χ3v) is 6.41. The normalized spacial score (nSPS) is 11.3. The lowest BCUT2D eigenvalue weighted by Crippen LogP contribution is -2.33. The first-order valence-corrected chi connectivity index (χ1v) is 12.7. The molecule has 32 heavy (non-hydrogen) atoms. The number of aryl methyl sites for hydroxylation is 1. The highest BCUT2D eigenvalue weighted by atomic mass is 32.2. The second-order valence-electron chi connectivity index (χ2n) is 7.63. The zero-order chi connectivity index (χ0) is 23.0. The Morgan fingerprint density at radius 2 is 1.72 bits per heavy atom. The maximum Gasteiger partial charge on any atom is 0.232 e. The summed E-state index contributed by atoms with van der Waals surface area (Å²) >= 11 is 0. The quantitative estimate of drug-likeness (QED) is 0.442.